The van der Waals surface area contributed by atoms with Gasteiger partial charge in [-0.3, -0.25) is 9.59 Å². The van der Waals surface area contributed by atoms with Crippen LogP contribution < -0.4 is 11.1 Å². The molecule has 0 spiro atoms. The van der Waals surface area contributed by atoms with Crippen molar-refractivity contribution in [3.63, 3.8) is 0 Å². The monoisotopic (exact) mass is 307 g/mol. The number of carbonyl (C=O) groups excluding carboxylic acids is 2. The van der Waals surface area contributed by atoms with Crippen LogP contribution in [-0.2, 0) is 4.79 Å². The molecule has 0 aliphatic rings. The van der Waals surface area contributed by atoms with Gasteiger partial charge in [-0.2, -0.15) is 0 Å². The third-order valence-electron chi connectivity index (χ3n) is 2.64. The van der Waals surface area contributed by atoms with Gasteiger partial charge in [0.15, 0.2) is 0 Å². The minimum absolute atomic E-state index is 0.0508. The fraction of sp³-hybridized carbons (Fsp3) is 0.467. The van der Waals surface area contributed by atoms with Crippen LogP contribution in [0, 0.1) is 11.8 Å². The van der Waals surface area contributed by atoms with Crippen LogP contribution in [0.25, 0.3) is 0 Å². The highest BCUT2D eigenvalue weighted by molar-refractivity contribution is 7.12. The van der Waals surface area contributed by atoms with Gasteiger partial charge in [0.05, 0.1) is 13.1 Å². The Balaban J connectivity index is 2.84. The van der Waals surface area contributed by atoms with Crippen molar-refractivity contribution in [1.29, 1.82) is 0 Å². The van der Waals surface area contributed by atoms with Crippen LogP contribution in [0.2, 0.25) is 0 Å². The molecule has 0 fully saturated rings. The Hall–Kier alpha value is -1.84. The molecule has 0 bridgehead atoms. The van der Waals surface area contributed by atoms with Crippen molar-refractivity contribution in [2.75, 3.05) is 19.6 Å². The van der Waals surface area contributed by atoms with Crippen molar-refractivity contribution in [3.05, 3.63) is 21.9 Å². The summed E-state index contributed by atoms with van der Waals surface area (Å²) in [6.45, 7) is 6.38. The van der Waals surface area contributed by atoms with Gasteiger partial charge in [0.2, 0.25) is 5.91 Å². The Labute approximate surface area is 129 Å². The van der Waals surface area contributed by atoms with E-state index in [1.807, 2.05) is 26.2 Å². The molecule has 1 aromatic heterocycles. The molecule has 5 nitrogen and oxygen atoms in total. The third kappa shape index (κ3) is 5.21. The van der Waals surface area contributed by atoms with Crippen LogP contribution in [-0.4, -0.2) is 42.4 Å². The second-order valence-corrected chi connectivity index (χ2v) is 5.63. The van der Waals surface area contributed by atoms with E-state index in [9.17, 15) is 9.59 Å². The van der Waals surface area contributed by atoms with E-state index in [1.54, 1.807) is 6.07 Å². The van der Waals surface area contributed by atoms with Crippen molar-refractivity contribution in [2.45, 2.75) is 26.8 Å². The summed E-state index contributed by atoms with van der Waals surface area (Å²) in [5.41, 5.74) is 6.02. The fourth-order valence-electron chi connectivity index (χ4n) is 1.73. The Morgan fingerprint density at radius 3 is 2.76 bits per heavy atom. The zero-order chi connectivity index (χ0) is 15.8. The minimum atomic E-state index is -0.173. The lowest BCUT2D eigenvalue weighted by atomic mass is 10.2. The van der Waals surface area contributed by atoms with Crippen LogP contribution in [0.5, 0.6) is 0 Å². The van der Waals surface area contributed by atoms with Gasteiger partial charge in [0.1, 0.15) is 4.88 Å². The number of amides is 2. The second kappa shape index (κ2) is 8.45. The number of hydrogen-bond acceptors (Lipinski definition) is 4. The number of nitrogens with zero attached hydrogens (tertiary/aromatic N) is 1. The number of thiophene rings is 1. The van der Waals surface area contributed by atoms with E-state index in [0.29, 0.717) is 17.0 Å². The summed E-state index contributed by atoms with van der Waals surface area (Å²) in [6, 6.07) is 1.85. The molecule has 6 heteroatoms. The van der Waals surface area contributed by atoms with E-state index in [2.05, 4.69) is 17.2 Å². The van der Waals surface area contributed by atoms with Crippen LogP contribution in [0.15, 0.2) is 11.4 Å². The molecule has 0 radical (unpaired) electrons. The summed E-state index contributed by atoms with van der Waals surface area (Å²) in [7, 11) is 0. The molecule has 0 unspecified atom stereocenters. The molecule has 0 atom stereocenters. The molecule has 0 aliphatic heterocycles. The van der Waals surface area contributed by atoms with E-state index >= 15 is 0 Å². The Kier molecular flexibility index (Phi) is 6.92. The number of nitrogens with one attached hydrogen (secondary N) is 1. The molecule has 0 aliphatic carbocycles. The highest BCUT2D eigenvalue weighted by Gasteiger charge is 2.20. The minimum Gasteiger partial charge on any atom is -0.352 e. The predicted molar refractivity (Wildman–Crippen MR) is 85.1 cm³/mol. The number of carbonyl (C=O) groups is 2. The zero-order valence-electron chi connectivity index (χ0n) is 12.6. The van der Waals surface area contributed by atoms with E-state index in [1.165, 1.54) is 16.2 Å². The maximum Gasteiger partial charge on any atom is 0.265 e. The highest BCUT2D eigenvalue weighted by Crippen LogP contribution is 2.18. The molecule has 114 valence electrons. The Bertz CT molecular complexity index is 555. The number of hydrogen-bond donors (Lipinski definition) is 2. The molecule has 0 saturated heterocycles. The van der Waals surface area contributed by atoms with E-state index < -0.39 is 0 Å². The van der Waals surface area contributed by atoms with Crippen molar-refractivity contribution in [1.82, 2.24) is 10.2 Å². The van der Waals surface area contributed by atoms with Gasteiger partial charge in [-0.15, -0.1) is 11.3 Å². The Morgan fingerprint density at radius 2 is 2.19 bits per heavy atom. The molecule has 0 saturated carbocycles. The summed E-state index contributed by atoms with van der Waals surface area (Å²) in [4.78, 5) is 26.4. The van der Waals surface area contributed by atoms with Gasteiger partial charge < -0.3 is 16.0 Å². The molecular weight excluding hydrogens is 286 g/mol. The number of rotatable bonds is 5. The van der Waals surface area contributed by atoms with Crippen molar-refractivity contribution in [2.24, 2.45) is 5.73 Å². The van der Waals surface area contributed by atoms with Crippen LogP contribution in [0.1, 0.15) is 36.0 Å². The molecule has 1 heterocycles. The summed E-state index contributed by atoms with van der Waals surface area (Å²) < 4.78 is 0. The molecular formula is C15H21N3O2S. The largest absolute Gasteiger partial charge is 0.352 e. The van der Waals surface area contributed by atoms with E-state index in [0.717, 1.165) is 0 Å². The molecule has 21 heavy (non-hydrogen) atoms. The lowest BCUT2D eigenvalue weighted by molar-refractivity contribution is -0.122. The average molecular weight is 307 g/mol. The topological polar surface area (TPSA) is 75.4 Å². The second-order valence-electron chi connectivity index (χ2n) is 4.71. The first-order valence-corrected chi connectivity index (χ1v) is 7.72. The van der Waals surface area contributed by atoms with Crippen LogP contribution >= 0.6 is 11.3 Å². The third-order valence-corrected chi connectivity index (χ3v) is 3.54. The first-order chi connectivity index (χ1) is 9.99. The summed E-state index contributed by atoms with van der Waals surface area (Å²) in [6.07, 6.45) is 0. The fourth-order valence-corrected chi connectivity index (χ4v) is 2.55. The summed E-state index contributed by atoms with van der Waals surface area (Å²) in [5.74, 6) is 5.30. The lowest BCUT2D eigenvalue weighted by Gasteiger charge is -2.20. The molecule has 1 rings (SSSR count). The SMILES string of the molecule is CCN(CC(=O)NC(C)C)C(=O)c1sccc1C#CCN. The quantitative estimate of drug-likeness (QED) is 0.798. The zero-order valence-corrected chi connectivity index (χ0v) is 13.4. The summed E-state index contributed by atoms with van der Waals surface area (Å²) in [5, 5.41) is 4.60. The highest BCUT2D eigenvalue weighted by atomic mass is 32.1. The van der Waals surface area contributed by atoms with Crippen molar-refractivity contribution >= 4 is 23.2 Å². The Morgan fingerprint density at radius 1 is 1.48 bits per heavy atom. The van der Waals surface area contributed by atoms with Gasteiger partial charge >= 0.3 is 0 Å². The van der Waals surface area contributed by atoms with Crippen molar-refractivity contribution < 1.29 is 9.59 Å². The first-order valence-electron chi connectivity index (χ1n) is 6.84. The van der Waals surface area contributed by atoms with Gasteiger partial charge in [0.25, 0.3) is 5.91 Å². The van der Waals surface area contributed by atoms with Crippen molar-refractivity contribution in [3.8, 4) is 11.8 Å². The van der Waals surface area contributed by atoms with E-state index in [4.69, 9.17) is 5.73 Å². The maximum atomic E-state index is 12.5. The average Bonchev–Trinajstić information content (AvgIpc) is 2.89. The van der Waals surface area contributed by atoms with Gasteiger partial charge in [-0.1, -0.05) is 11.8 Å². The van der Waals surface area contributed by atoms with Crippen LogP contribution in [0.3, 0.4) is 0 Å². The molecule has 3 N–H and O–H groups in total. The summed E-state index contributed by atoms with van der Waals surface area (Å²) >= 11 is 1.33. The number of likely N-dealkylation sites (N-methyl/N-ethyl adjacent to an activating group) is 1. The van der Waals surface area contributed by atoms with Gasteiger partial charge in [-0.05, 0) is 32.2 Å². The smallest absolute Gasteiger partial charge is 0.265 e. The first kappa shape index (κ1) is 17.2. The van der Waals surface area contributed by atoms with Gasteiger partial charge in [-0.25, -0.2) is 0 Å². The van der Waals surface area contributed by atoms with E-state index in [-0.39, 0.29) is 30.9 Å². The van der Waals surface area contributed by atoms with Crippen LogP contribution in [0.4, 0.5) is 0 Å². The predicted octanol–water partition coefficient (Wildman–Crippen LogP) is 1.04. The number of nitrogens with two attached hydrogens (primary N) is 1. The van der Waals surface area contributed by atoms with Gasteiger partial charge in [0, 0.05) is 18.2 Å². The standard InChI is InChI=1S/C15H21N3O2S/c1-4-18(10-13(19)17-11(2)3)15(20)14-12(6-5-8-16)7-9-21-14/h7,9,11H,4,8,10,16H2,1-3H3,(H,17,19). The normalized spacial score (nSPS) is 9.95. The maximum absolute atomic E-state index is 12.5. The molecule has 0 aromatic carbocycles. The molecule has 2 amide bonds. The molecule has 1 aromatic rings. The lowest BCUT2D eigenvalue weighted by Crippen LogP contribution is -2.42.